The highest BCUT2D eigenvalue weighted by Gasteiger charge is 2.50. The number of aliphatic hydroxyl groups excluding tert-OH is 1. The summed E-state index contributed by atoms with van der Waals surface area (Å²) in [5, 5.41) is 8.51. The van der Waals surface area contributed by atoms with E-state index in [0.29, 0.717) is 0 Å². The zero-order valence-electron chi connectivity index (χ0n) is 8.65. The molecule has 0 saturated carbocycles. The summed E-state index contributed by atoms with van der Waals surface area (Å²) in [5.74, 6) is -8.27. The van der Waals surface area contributed by atoms with Crippen molar-refractivity contribution < 1.29 is 45.8 Å². The van der Waals surface area contributed by atoms with Gasteiger partial charge in [0.05, 0.1) is 6.61 Å². The predicted octanol–water partition coefficient (Wildman–Crippen LogP) is 2.06. The van der Waals surface area contributed by atoms with Crippen molar-refractivity contribution in [1.82, 2.24) is 0 Å². The van der Waals surface area contributed by atoms with E-state index < -0.39 is 42.0 Å². The first kappa shape index (κ1) is 16.3. The van der Waals surface area contributed by atoms with Crippen LogP contribution in [0.5, 0.6) is 0 Å². The van der Waals surface area contributed by atoms with E-state index in [1.165, 1.54) is 0 Å². The monoisotopic (exact) mass is 280 g/mol. The number of halogens is 6. The zero-order valence-corrected chi connectivity index (χ0v) is 8.65. The average molecular weight is 280 g/mol. The fraction of sp³-hybridized carbons (Fsp3) is 0.500. The van der Waals surface area contributed by atoms with Gasteiger partial charge in [0.15, 0.2) is 5.57 Å². The molecule has 0 bridgehead atoms. The lowest BCUT2D eigenvalue weighted by atomic mass is 10.1. The molecule has 0 radical (unpaired) electrons. The van der Waals surface area contributed by atoms with Crippen LogP contribution in [0.4, 0.5) is 26.3 Å². The molecule has 18 heavy (non-hydrogen) atoms. The van der Waals surface area contributed by atoms with Gasteiger partial charge in [0.25, 0.3) is 5.78 Å². The van der Waals surface area contributed by atoms with E-state index in [0.717, 1.165) is 6.92 Å². The fourth-order valence-electron chi connectivity index (χ4n) is 0.784. The average Bonchev–Trinajstić information content (AvgIpc) is 2.15. The van der Waals surface area contributed by atoms with E-state index in [2.05, 4.69) is 4.74 Å². The van der Waals surface area contributed by atoms with Crippen LogP contribution in [0.1, 0.15) is 6.92 Å². The highest BCUT2D eigenvalue weighted by Crippen LogP contribution is 2.30. The van der Waals surface area contributed by atoms with Gasteiger partial charge in [0, 0.05) is 0 Å². The molecule has 4 nitrogen and oxygen atoms in total. The zero-order chi connectivity index (χ0) is 14.7. The summed E-state index contributed by atoms with van der Waals surface area (Å²) in [6.45, 7) is 0.525. The molecule has 1 N–H and O–H groups in total. The van der Waals surface area contributed by atoms with E-state index in [4.69, 9.17) is 5.11 Å². The minimum atomic E-state index is -5.75. The van der Waals surface area contributed by atoms with Crippen LogP contribution in [0.15, 0.2) is 11.3 Å². The maximum absolute atomic E-state index is 12.0. The molecule has 0 unspecified atom stereocenters. The van der Waals surface area contributed by atoms with Crippen LogP contribution < -0.4 is 0 Å². The predicted molar refractivity (Wildman–Crippen MR) is 43.4 cm³/mol. The normalized spacial score (nSPS) is 13.9. The number of rotatable bonds is 3. The van der Waals surface area contributed by atoms with Crippen LogP contribution in [-0.4, -0.2) is 35.8 Å². The Morgan fingerprint density at radius 1 is 1.06 bits per heavy atom. The Morgan fingerprint density at radius 3 is 1.78 bits per heavy atom. The Bertz CT molecular complexity index is 378. The first-order valence-corrected chi connectivity index (χ1v) is 4.22. The minimum Gasteiger partial charge on any atom is -0.504 e. The molecule has 0 aromatic rings. The molecule has 0 aliphatic rings. The standard InChI is InChI=1S/C8H6F6O4/c1-2-18-6(17)3(4(15)7(9,10)11)5(16)8(12,13)14/h15H,2H2,1H3/b4-3+. The Morgan fingerprint density at radius 2 is 1.50 bits per heavy atom. The van der Waals surface area contributed by atoms with E-state index in [1.807, 2.05) is 0 Å². The van der Waals surface area contributed by atoms with Gasteiger partial charge in [-0.2, -0.15) is 26.3 Å². The smallest absolute Gasteiger partial charge is 0.455 e. The summed E-state index contributed by atoms with van der Waals surface area (Å²) in [6.07, 6.45) is -11.4. The number of esters is 1. The van der Waals surface area contributed by atoms with Crippen molar-refractivity contribution in [3.63, 3.8) is 0 Å². The topological polar surface area (TPSA) is 63.6 Å². The number of aliphatic hydroxyl groups is 1. The second-order valence-corrected chi connectivity index (χ2v) is 2.77. The molecule has 0 heterocycles. The van der Waals surface area contributed by atoms with E-state index in [9.17, 15) is 35.9 Å². The van der Waals surface area contributed by atoms with Crippen LogP contribution in [0.25, 0.3) is 0 Å². The molecule has 0 aliphatic carbocycles. The number of hydrogen-bond acceptors (Lipinski definition) is 4. The first-order chi connectivity index (χ1) is 7.92. The van der Waals surface area contributed by atoms with Gasteiger partial charge in [-0.05, 0) is 6.92 Å². The SMILES string of the molecule is CCOC(=O)/C(C(=O)C(F)(F)F)=C(/O)C(F)(F)F. The largest absolute Gasteiger partial charge is 0.504 e. The summed E-state index contributed by atoms with van der Waals surface area (Å²) in [6, 6.07) is 0. The van der Waals surface area contributed by atoms with E-state index in [-0.39, 0.29) is 0 Å². The molecule has 0 fully saturated rings. The molecule has 0 aromatic heterocycles. The number of alkyl halides is 6. The molecule has 0 spiro atoms. The summed E-state index contributed by atoms with van der Waals surface area (Å²) in [4.78, 5) is 21.5. The second kappa shape index (κ2) is 5.27. The van der Waals surface area contributed by atoms with E-state index in [1.54, 1.807) is 0 Å². The Balaban J connectivity index is 5.76. The van der Waals surface area contributed by atoms with Gasteiger partial charge >= 0.3 is 18.3 Å². The van der Waals surface area contributed by atoms with Crippen LogP contribution in [-0.2, 0) is 14.3 Å². The Hall–Kier alpha value is -1.74. The van der Waals surface area contributed by atoms with Gasteiger partial charge < -0.3 is 9.84 Å². The minimum absolute atomic E-state index is 0.571. The molecule has 104 valence electrons. The Labute approximate surface area is 95.8 Å². The number of ketones is 1. The van der Waals surface area contributed by atoms with Crippen molar-refractivity contribution in [3.05, 3.63) is 11.3 Å². The lowest BCUT2D eigenvalue weighted by Gasteiger charge is -2.12. The van der Waals surface area contributed by atoms with Crippen LogP contribution in [0.2, 0.25) is 0 Å². The number of carbonyl (C=O) groups is 2. The lowest BCUT2D eigenvalue weighted by Crippen LogP contribution is -2.33. The van der Waals surface area contributed by atoms with Crippen LogP contribution in [0.3, 0.4) is 0 Å². The number of hydrogen-bond donors (Lipinski definition) is 1. The molecular weight excluding hydrogens is 274 g/mol. The van der Waals surface area contributed by atoms with Crippen molar-refractivity contribution in [2.75, 3.05) is 6.61 Å². The van der Waals surface area contributed by atoms with Gasteiger partial charge in [-0.25, -0.2) is 4.79 Å². The van der Waals surface area contributed by atoms with Gasteiger partial charge in [-0.15, -0.1) is 0 Å². The number of allylic oxidation sites excluding steroid dienone is 1. The molecule has 0 amide bonds. The first-order valence-electron chi connectivity index (χ1n) is 4.22. The molecule has 0 saturated heterocycles. The molecule has 10 heteroatoms. The van der Waals surface area contributed by atoms with Gasteiger partial charge in [-0.3, -0.25) is 4.79 Å². The Kier molecular flexibility index (Phi) is 4.76. The quantitative estimate of drug-likeness (QED) is 0.215. The van der Waals surface area contributed by atoms with Crippen molar-refractivity contribution in [2.24, 2.45) is 0 Å². The van der Waals surface area contributed by atoms with Gasteiger partial charge in [0.2, 0.25) is 5.76 Å². The third-order valence-electron chi connectivity index (χ3n) is 1.47. The molecule has 0 aromatic carbocycles. The number of Topliss-reactive ketones (excluding diaryl/α,β-unsaturated/α-hetero) is 1. The van der Waals surface area contributed by atoms with Crippen molar-refractivity contribution in [1.29, 1.82) is 0 Å². The highest BCUT2D eigenvalue weighted by molar-refractivity contribution is 6.19. The summed E-state index contributed by atoms with van der Waals surface area (Å²) >= 11 is 0. The fourth-order valence-corrected chi connectivity index (χ4v) is 0.784. The lowest BCUT2D eigenvalue weighted by molar-refractivity contribution is -0.171. The van der Waals surface area contributed by atoms with Gasteiger partial charge in [-0.1, -0.05) is 0 Å². The highest BCUT2D eigenvalue weighted by atomic mass is 19.4. The summed E-state index contributed by atoms with van der Waals surface area (Å²) < 4.78 is 75.8. The summed E-state index contributed by atoms with van der Waals surface area (Å²) in [7, 11) is 0. The third-order valence-corrected chi connectivity index (χ3v) is 1.47. The van der Waals surface area contributed by atoms with Crippen LogP contribution >= 0.6 is 0 Å². The maximum Gasteiger partial charge on any atom is 0.455 e. The molecule has 0 atom stereocenters. The second-order valence-electron chi connectivity index (χ2n) is 2.77. The van der Waals surface area contributed by atoms with Crippen LogP contribution in [0, 0.1) is 0 Å². The summed E-state index contributed by atoms with van der Waals surface area (Å²) in [5.41, 5.74) is -2.49. The molecule has 0 rings (SSSR count). The molecular formula is C8H6F6O4. The third kappa shape index (κ3) is 3.93. The van der Waals surface area contributed by atoms with Crippen molar-refractivity contribution in [2.45, 2.75) is 19.3 Å². The van der Waals surface area contributed by atoms with Gasteiger partial charge in [0.1, 0.15) is 0 Å². The molecule has 0 aliphatic heterocycles. The maximum atomic E-state index is 12.0. The van der Waals surface area contributed by atoms with E-state index >= 15 is 0 Å². The van der Waals surface area contributed by atoms with Crippen molar-refractivity contribution >= 4 is 11.8 Å². The number of ether oxygens (including phenoxy) is 1. The van der Waals surface area contributed by atoms with Crippen molar-refractivity contribution in [3.8, 4) is 0 Å². The number of carbonyl (C=O) groups excluding carboxylic acids is 2.